The molecule has 0 aliphatic rings. The molecule has 0 spiro atoms. The number of hydrogen-bond acceptors (Lipinski definition) is 3. The van der Waals surface area contributed by atoms with Crippen LogP contribution in [-0.4, -0.2) is 6.21 Å². The summed E-state index contributed by atoms with van der Waals surface area (Å²) in [4.78, 5) is 0. The van der Waals surface area contributed by atoms with Gasteiger partial charge in [-0.1, -0.05) is 37.3 Å². The van der Waals surface area contributed by atoms with Crippen LogP contribution in [0, 0.1) is 6.92 Å². The molecule has 0 amide bonds. The summed E-state index contributed by atoms with van der Waals surface area (Å²) in [6.45, 7) is 4.15. The van der Waals surface area contributed by atoms with Crippen LogP contribution in [0.1, 0.15) is 23.8 Å². The highest BCUT2D eigenvalue weighted by Crippen LogP contribution is 2.24. The number of para-hydroxylation sites is 1. The van der Waals surface area contributed by atoms with Gasteiger partial charge in [0.25, 0.3) is 0 Å². The van der Waals surface area contributed by atoms with Gasteiger partial charge < -0.3 is 4.42 Å². The monoisotopic (exact) mass is 278 g/mol. The van der Waals surface area contributed by atoms with Gasteiger partial charge in [0.05, 0.1) is 11.9 Å². The smallest absolute Gasteiger partial charge is 0.134 e. The second-order valence-corrected chi connectivity index (χ2v) is 5.03. The normalized spacial score (nSPS) is 11.3. The van der Waals surface area contributed by atoms with E-state index in [0.717, 1.165) is 34.4 Å². The third kappa shape index (κ3) is 2.82. The Balaban J connectivity index is 1.88. The zero-order valence-electron chi connectivity index (χ0n) is 12.3. The molecule has 1 aromatic heterocycles. The second-order valence-electron chi connectivity index (χ2n) is 5.03. The van der Waals surface area contributed by atoms with E-state index in [1.165, 1.54) is 5.56 Å². The number of fused-ring (bicyclic) bond motifs is 1. The number of hydrazone groups is 1. The van der Waals surface area contributed by atoms with Gasteiger partial charge in [-0.25, -0.2) is 0 Å². The third-order valence-electron chi connectivity index (χ3n) is 3.44. The summed E-state index contributed by atoms with van der Waals surface area (Å²) in [5.74, 6) is 0.964. The van der Waals surface area contributed by atoms with Crippen molar-refractivity contribution in [1.82, 2.24) is 0 Å². The van der Waals surface area contributed by atoms with Crippen molar-refractivity contribution in [3.05, 3.63) is 65.4 Å². The molecule has 0 saturated heterocycles. The number of furan rings is 1. The molecular weight excluding hydrogens is 260 g/mol. The molecule has 2 aromatic carbocycles. The van der Waals surface area contributed by atoms with Gasteiger partial charge in [0, 0.05) is 17.4 Å². The number of rotatable bonds is 4. The summed E-state index contributed by atoms with van der Waals surface area (Å²) in [5.41, 5.74) is 7.22. The van der Waals surface area contributed by atoms with Crippen LogP contribution in [0.5, 0.6) is 0 Å². The van der Waals surface area contributed by atoms with E-state index in [1.54, 1.807) is 0 Å². The summed E-state index contributed by atoms with van der Waals surface area (Å²) in [6, 6.07) is 16.2. The molecule has 3 rings (SSSR count). The molecule has 0 bridgehead atoms. The number of hydrogen-bond donors (Lipinski definition) is 1. The minimum absolute atomic E-state index is 0.848. The molecule has 106 valence electrons. The van der Waals surface area contributed by atoms with E-state index in [0.29, 0.717) is 0 Å². The maximum atomic E-state index is 5.85. The molecule has 0 fully saturated rings. The van der Waals surface area contributed by atoms with E-state index in [4.69, 9.17) is 4.42 Å². The molecule has 0 radical (unpaired) electrons. The molecule has 3 nitrogen and oxygen atoms in total. The Morgan fingerprint density at radius 1 is 1.14 bits per heavy atom. The minimum atomic E-state index is 0.848. The van der Waals surface area contributed by atoms with Gasteiger partial charge in [0.15, 0.2) is 0 Å². The van der Waals surface area contributed by atoms with Crippen molar-refractivity contribution in [2.45, 2.75) is 20.3 Å². The van der Waals surface area contributed by atoms with Gasteiger partial charge in [-0.05, 0) is 30.7 Å². The van der Waals surface area contributed by atoms with Crippen LogP contribution in [0.2, 0.25) is 0 Å². The van der Waals surface area contributed by atoms with E-state index in [9.17, 15) is 0 Å². The quantitative estimate of drug-likeness (QED) is 0.552. The van der Waals surface area contributed by atoms with E-state index in [2.05, 4.69) is 42.6 Å². The SMILES string of the molecule is CCc1oc2ccccc2c1/C=N\Nc1cccc(C)c1. The molecule has 21 heavy (non-hydrogen) atoms. The highest BCUT2D eigenvalue weighted by molar-refractivity contribution is 5.99. The first-order chi connectivity index (χ1) is 10.3. The zero-order valence-corrected chi connectivity index (χ0v) is 12.3. The number of aryl methyl sites for hydroxylation is 2. The Labute approximate surface area is 124 Å². The first-order valence-corrected chi connectivity index (χ1v) is 7.14. The van der Waals surface area contributed by atoms with E-state index in [-0.39, 0.29) is 0 Å². The van der Waals surface area contributed by atoms with Crippen molar-refractivity contribution in [1.29, 1.82) is 0 Å². The topological polar surface area (TPSA) is 37.5 Å². The Bertz CT molecular complexity index is 787. The lowest BCUT2D eigenvalue weighted by Gasteiger charge is -2.00. The minimum Gasteiger partial charge on any atom is -0.460 e. The summed E-state index contributed by atoms with van der Waals surface area (Å²) in [7, 11) is 0. The lowest BCUT2D eigenvalue weighted by Crippen LogP contribution is -1.92. The maximum absolute atomic E-state index is 5.85. The molecule has 3 aromatic rings. The number of anilines is 1. The lowest BCUT2D eigenvalue weighted by molar-refractivity contribution is 0.556. The maximum Gasteiger partial charge on any atom is 0.134 e. The van der Waals surface area contributed by atoms with Gasteiger partial charge in [0.1, 0.15) is 11.3 Å². The Morgan fingerprint density at radius 3 is 2.81 bits per heavy atom. The summed E-state index contributed by atoms with van der Waals surface area (Å²) in [6.07, 6.45) is 2.69. The van der Waals surface area contributed by atoms with Crippen molar-refractivity contribution >= 4 is 22.9 Å². The zero-order chi connectivity index (χ0) is 14.7. The summed E-state index contributed by atoms with van der Waals surface area (Å²) < 4.78 is 5.85. The molecule has 1 heterocycles. The Hall–Kier alpha value is -2.55. The Kier molecular flexibility index (Phi) is 3.73. The van der Waals surface area contributed by atoms with Gasteiger partial charge in [-0.2, -0.15) is 5.10 Å². The third-order valence-corrected chi connectivity index (χ3v) is 3.44. The molecule has 0 aliphatic heterocycles. The van der Waals surface area contributed by atoms with Crippen LogP contribution in [0.25, 0.3) is 11.0 Å². The molecule has 0 unspecified atom stereocenters. The number of nitrogens with one attached hydrogen (secondary N) is 1. The predicted molar refractivity (Wildman–Crippen MR) is 88.0 cm³/mol. The molecule has 0 saturated carbocycles. The summed E-state index contributed by atoms with van der Waals surface area (Å²) >= 11 is 0. The van der Waals surface area contributed by atoms with Gasteiger partial charge >= 0.3 is 0 Å². The molecule has 3 heteroatoms. The predicted octanol–water partition coefficient (Wildman–Crippen LogP) is 4.75. The van der Waals surface area contributed by atoms with Crippen molar-refractivity contribution in [2.75, 3.05) is 5.43 Å². The Morgan fingerprint density at radius 2 is 2.00 bits per heavy atom. The van der Waals surface area contributed by atoms with Gasteiger partial charge in [0.2, 0.25) is 0 Å². The molecule has 1 N–H and O–H groups in total. The standard InChI is InChI=1S/C18H18N2O/c1-3-17-16(15-9-4-5-10-18(15)21-17)12-19-20-14-8-6-7-13(2)11-14/h4-12,20H,3H2,1-2H3/b19-12-. The fourth-order valence-electron chi connectivity index (χ4n) is 2.41. The average Bonchev–Trinajstić information content (AvgIpc) is 2.86. The van der Waals surface area contributed by atoms with E-state index in [1.807, 2.05) is 36.5 Å². The largest absolute Gasteiger partial charge is 0.460 e. The van der Waals surface area contributed by atoms with Crippen molar-refractivity contribution < 1.29 is 4.42 Å². The summed E-state index contributed by atoms with van der Waals surface area (Å²) in [5, 5.41) is 5.45. The first kappa shape index (κ1) is 13.4. The van der Waals surface area contributed by atoms with Crippen LogP contribution in [0.15, 0.2) is 58.0 Å². The van der Waals surface area contributed by atoms with Gasteiger partial charge in [-0.3, -0.25) is 5.43 Å². The van der Waals surface area contributed by atoms with Crippen molar-refractivity contribution in [2.24, 2.45) is 5.10 Å². The van der Waals surface area contributed by atoms with Crippen LogP contribution in [0.4, 0.5) is 5.69 Å². The van der Waals surface area contributed by atoms with Crippen LogP contribution < -0.4 is 5.43 Å². The van der Waals surface area contributed by atoms with Crippen LogP contribution >= 0.6 is 0 Å². The number of nitrogens with zero attached hydrogens (tertiary/aromatic N) is 1. The highest BCUT2D eigenvalue weighted by Gasteiger charge is 2.10. The fraction of sp³-hybridized carbons (Fsp3) is 0.167. The molecule has 0 atom stereocenters. The van der Waals surface area contributed by atoms with Gasteiger partial charge in [-0.15, -0.1) is 0 Å². The fourth-order valence-corrected chi connectivity index (χ4v) is 2.41. The molecule has 0 aliphatic carbocycles. The average molecular weight is 278 g/mol. The lowest BCUT2D eigenvalue weighted by atomic mass is 10.1. The molecular formula is C18H18N2O. The highest BCUT2D eigenvalue weighted by atomic mass is 16.3. The van der Waals surface area contributed by atoms with Crippen molar-refractivity contribution in [3.63, 3.8) is 0 Å². The van der Waals surface area contributed by atoms with Crippen molar-refractivity contribution in [3.8, 4) is 0 Å². The van der Waals surface area contributed by atoms with E-state index < -0.39 is 0 Å². The van der Waals surface area contributed by atoms with Crippen LogP contribution in [0.3, 0.4) is 0 Å². The van der Waals surface area contributed by atoms with Crippen LogP contribution in [-0.2, 0) is 6.42 Å². The van der Waals surface area contributed by atoms with E-state index >= 15 is 0 Å². The first-order valence-electron chi connectivity index (χ1n) is 7.14. The number of benzene rings is 2. The second kappa shape index (κ2) is 5.83.